The van der Waals surface area contributed by atoms with E-state index in [1.54, 1.807) is 24.3 Å². The Balaban J connectivity index is 2.08. The number of methoxy groups -OCH3 is 1. The van der Waals surface area contributed by atoms with Crippen LogP contribution in [0.3, 0.4) is 0 Å². The zero-order valence-corrected chi connectivity index (χ0v) is 16.8. The lowest BCUT2D eigenvalue weighted by Gasteiger charge is -2.13. The molecule has 1 N–H and O–H groups in total. The minimum absolute atomic E-state index is 0.0371. The minimum atomic E-state index is -3.86. The molecule has 1 heterocycles. The molecule has 0 bridgehead atoms. The zero-order chi connectivity index (χ0) is 19.8. The predicted molar refractivity (Wildman–Crippen MR) is 105 cm³/mol. The molecule has 3 rings (SSSR count). The summed E-state index contributed by atoms with van der Waals surface area (Å²) in [4.78, 5) is 0.0371. The maximum atomic E-state index is 13.0. The van der Waals surface area contributed by atoms with Gasteiger partial charge in [0.25, 0.3) is 10.0 Å². The number of benzene rings is 2. The molecule has 142 valence electrons. The third-order valence-electron chi connectivity index (χ3n) is 4.35. The van der Waals surface area contributed by atoms with Crippen molar-refractivity contribution < 1.29 is 17.7 Å². The van der Waals surface area contributed by atoms with Gasteiger partial charge in [-0.1, -0.05) is 11.2 Å². The van der Waals surface area contributed by atoms with Crippen LogP contribution in [0.15, 0.2) is 45.8 Å². The number of hydrogen-bond donors (Lipinski definition) is 1. The fourth-order valence-corrected chi connectivity index (χ4v) is 4.19. The van der Waals surface area contributed by atoms with Gasteiger partial charge in [0.05, 0.1) is 12.8 Å². The van der Waals surface area contributed by atoms with Crippen LogP contribution in [-0.2, 0) is 10.0 Å². The molecule has 0 saturated carbocycles. The van der Waals surface area contributed by atoms with Gasteiger partial charge < -0.3 is 9.26 Å². The summed E-state index contributed by atoms with van der Waals surface area (Å²) in [5, 5.41) is 3.94. The Hall–Kier alpha value is -2.80. The normalized spacial score (nSPS) is 11.4. The molecule has 0 saturated heterocycles. The van der Waals surface area contributed by atoms with E-state index in [1.807, 2.05) is 33.8 Å². The van der Waals surface area contributed by atoms with Crippen molar-refractivity contribution in [2.75, 3.05) is 11.8 Å². The van der Waals surface area contributed by atoms with Gasteiger partial charge in [-0.3, -0.25) is 4.72 Å². The van der Waals surface area contributed by atoms with Gasteiger partial charge in [0.15, 0.2) is 5.76 Å². The molecule has 27 heavy (non-hydrogen) atoms. The van der Waals surface area contributed by atoms with Gasteiger partial charge in [0.1, 0.15) is 10.6 Å². The van der Waals surface area contributed by atoms with Crippen LogP contribution in [0.2, 0.25) is 0 Å². The Kier molecular flexibility index (Phi) is 4.97. The molecule has 0 amide bonds. The first-order valence-electron chi connectivity index (χ1n) is 8.43. The van der Waals surface area contributed by atoms with Crippen LogP contribution in [0.1, 0.15) is 22.4 Å². The van der Waals surface area contributed by atoms with Gasteiger partial charge in [-0.2, -0.15) is 0 Å². The number of hydrogen-bond acceptors (Lipinski definition) is 5. The second kappa shape index (κ2) is 7.08. The Labute approximate surface area is 159 Å². The summed E-state index contributed by atoms with van der Waals surface area (Å²) < 4.78 is 39.4. The monoisotopic (exact) mass is 386 g/mol. The van der Waals surface area contributed by atoms with E-state index >= 15 is 0 Å². The number of aromatic nitrogens is 1. The van der Waals surface area contributed by atoms with Crippen LogP contribution >= 0.6 is 0 Å². The van der Waals surface area contributed by atoms with Crippen LogP contribution in [0.5, 0.6) is 5.75 Å². The Morgan fingerprint density at radius 1 is 1.00 bits per heavy atom. The summed E-state index contributed by atoms with van der Waals surface area (Å²) >= 11 is 0. The van der Waals surface area contributed by atoms with E-state index in [0.29, 0.717) is 17.0 Å². The second-order valence-electron chi connectivity index (χ2n) is 6.57. The maximum Gasteiger partial charge on any atom is 0.265 e. The first-order valence-corrected chi connectivity index (χ1v) is 9.92. The average molecular weight is 386 g/mol. The third kappa shape index (κ3) is 3.83. The number of aryl methyl sites for hydroxylation is 3. The molecule has 7 heteroatoms. The number of nitrogens with one attached hydrogen (secondary N) is 1. The van der Waals surface area contributed by atoms with Crippen molar-refractivity contribution in [1.82, 2.24) is 5.16 Å². The average Bonchev–Trinajstić information content (AvgIpc) is 2.92. The van der Waals surface area contributed by atoms with Gasteiger partial charge in [-0.05, 0) is 69.2 Å². The SMILES string of the molecule is COc1ccc(-c2onc(C)c2C)cc1S(=O)(=O)Nc1cc(C)cc(C)c1. The first kappa shape index (κ1) is 19.0. The summed E-state index contributed by atoms with van der Waals surface area (Å²) in [6, 6.07) is 10.4. The fraction of sp³-hybridized carbons (Fsp3) is 0.250. The number of ether oxygens (including phenoxy) is 1. The first-order chi connectivity index (χ1) is 12.7. The highest BCUT2D eigenvalue weighted by Crippen LogP contribution is 2.33. The highest BCUT2D eigenvalue weighted by atomic mass is 32.2. The summed E-state index contributed by atoms with van der Waals surface area (Å²) in [7, 11) is -2.42. The summed E-state index contributed by atoms with van der Waals surface area (Å²) in [6.07, 6.45) is 0. The molecule has 3 aromatic rings. The summed E-state index contributed by atoms with van der Waals surface area (Å²) in [5.41, 5.74) is 4.70. The van der Waals surface area contributed by atoms with Crippen molar-refractivity contribution in [3.8, 4) is 17.1 Å². The van der Waals surface area contributed by atoms with E-state index in [2.05, 4.69) is 9.88 Å². The lowest BCUT2D eigenvalue weighted by atomic mass is 10.1. The van der Waals surface area contributed by atoms with E-state index < -0.39 is 10.0 Å². The largest absolute Gasteiger partial charge is 0.495 e. The standard InChI is InChI=1S/C20H22N2O4S/c1-12-8-13(2)10-17(9-12)22-27(23,24)19-11-16(6-7-18(19)25-5)20-14(3)15(4)21-26-20/h6-11,22H,1-5H3. The number of rotatable bonds is 5. The van der Waals surface area contributed by atoms with E-state index in [9.17, 15) is 8.42 Å². The zero-order valence-electron chi connectivity index (χ0n) is 16.0. The summed E-state index contributed by atoms with van der Waals surface area (Å²) in [6.45, 7) is 7.56. The van der Waals surface area contributed by atoms with Gasteiger partial charge in [-0.25, -0.2) is 8.42 Å². The highest BCUT2D eigenvalue weighted by Gasteiger charge is 2.22. The van der Waals surface area contributed by atoms with Gasteiger partial charge >= 0.3 is 0 Å². The molecule has 6 nitrogen and oxygen atoms in total. The molecule has 0 unspecified atom stereocenters. The van der Waals surface area contributed by atoms with Crippen molar-refractivity contribution in [2.24, 2.45) is 0 Å². The Morgan fingerprint density at radius 3 is 2.22 bits per heavy atom. The molecular weight excluding hydrogens is 364 g/mol. The molecule has 0 aliphatic heterocycles. The Morgan fingerprint density at radius 2 is 1.67 bits per heavy atom. The quantitative estimate of drug-likeness (QED) is 0.703. The molecule has 1 aromatic heterocycles. The topological polar surface area (TPSA) is 81.4 Å². The van der Waals surface area contributed by atoms with Crippen LogP contribution in [-0.4, -0.2) is 20.7 Å². The van der Waals surface area contributed by atoms with Crippen molar-refractivity contribution in [2.45, 2.75) is 32.6 Å². The van der Waals surface area contributed by atoms with Crippen molar-refractivity contribution in [1.29, 1.82) is 0 Å². The van der Waals surface area contributed by atoms with E-state index in [4.69, 9.17) is 9.26 Å². The molecule has 0 spiro atoms. The van der Waals surface area contributed by atoms with Gasteiger partial charge in [-0.15, -0.1) is 0 Å². The van der Waals surface area contributed by atoms with Crippen LogP contribution in [0.4, 0.5) is 5.69 Å². The Bertz CT molecular complexity index is 1080. The molecule has 0 aliphatic carbocycles. The van der Waals surface area contributed by atoms with E-state index in [-0.39, 0.29) is 10.6 Å². The molecule has 0 aliphatic rings. The van der Waals surface area contributed by atoms with Gasteiger partial charge in [0.2, 0.25) is 0 Å². The molecule has 2 aromatic carbocycles. The molecular formula is C20H22N2O4S. The number of nitrogens with zero attached hydrogens (tertiary/aromatic N) is 1. The van der Waals surface area contributed by atoms with Crippen LogP contribution in [0, 0.1) is 27.7 Å². The predicted octanol–water partition coefficient (Wildman–Crippen LogP) is 4.38. The smallest absolute Gasteiger partial charge is 0.265 e. The lowest BCUT2D eigenvalue weighted by molar-refractivity contribution is 0.402. The van der Waals surface area contributed by atoms with Crippen molar-refractivity contribution >= 4 is 15.7 Å². The second-order valence-corrected chi connectivity index (χ2v) is 8.22. The van der Waals surface area contributed by atoms with Crippen molar-refractivity contribution in [3.63, 3.8) is 0 Å². The molecule has 0 fully saturated rings. The van der Waals surface area contributed by atoms with Crippen LogP contribution < -0.4 is 9.46 Å². The number of sulfonamides is 1. The fourth-order valence-electron chi connectivity index (χ4n) is 2.96. The number of anilines is 1. The highest BCUT2D eigenvalue weighted by molar-refractivity contribution is 7.92. The van der Waals surface area contributed by atoms with Gasteiger partial charge in [0, 0.05) is 16.8 Å². The minimum Gasteiger partial charge on any atom is -0.495 e. The lowest BCUT2D eigenvalue weighted by Crippen LogP contribution is -2.14. The van der Waals surface area contributed by atoms with Crippen molar-refractivity contribution in [3.05, 3.63) is 58.8 Å². The third-order valence-corrected chi connectivity index (χ3v) is 5.75. The van der Waals surface area contributed by atoms with Crippen LogP contribution in [0.25, 0.3) is 11.3 Å². The molecule has 0 radical (unpaired) electrons. The summed E-state index contributed by atoms with van der Waals surface area (Å²) in [5.74, 6) is 0.794. The van der Waals surface area contributed by atoms with E-state index in [0.717, 1.165) is 22.4 Å². The maximum absolute atomic E-state index is 13.0. The molecule has 0 atom stereocenters. The van der Waals surface area contributed by atoms with E-state index in [1.165, 1.54) is 13.2 Å².